The number of amides is 1. The van der Waals surface area contributed by atoms with Crippen molar-refractivity contribution >= 4 is 18.3 Å². The molecule has 1 heterocycles. The summed E-state index contributed by atoms with van der Waals surface area (Å²) in [5.74, 6) is 0.236. The Hall–Kier alpha value is -0.280. The Morgan fingerprint density at radius 2 is 1.69 bits per heavy atom. The molecule has 0 radical (unpaired) electrons. The maximum atomic E-state index is 11.9. The van der Waals surface area contributed by atoms with Crippen molar-refractivity contribution in [1.29, 1.82) is 0 Å². The van der Waals surface area contributed by atoms with Crippen LogP contribution in [0.3, 0.4) is 0 Å². The van der Waals surface area contributed by atoms with E-state index in [1.807, 2.05) is 0 Å². The molecule has 4 heteroatoms. The molecule has 1 atom stereocenters. The second-order valence-corrected chi connectivity index (χ2v) is 4.85. The van der Waals surface area contributed by atoms with E-state index in [0.29, 0.717) is 6.04 Å². The lowest BCUT2D eigenvalue weighted by atomic mass is 10.1. The highest BCUT2D eigenvalue weighted by Crippen LogP contribution is 2.17. The first-order valence-corrected chi connectivity index (χ1v) is 6.40. The monoisotopic (exact) mass is 246 g/mol. The molecule has 2 rings (SSSR count). The largest absolute Gasteiger partial charge is 0.352 e. The lowest BCUT2D eigenvalue weighted by Gasteiger charge is -2.19. The summed E-state index contributed by atoms with van der Waals surface area (Å²) in [6.45, 7) is 1.00. The summed E-state index contributed by atoms with van der Waals surface area (Å²) in [5, 5.41) is 6.45. The molecule has 1 amide bonds. The first-order valence-electron chi connectivity index (χ1n) is 6.40. The summed E-state index contributed by atoms with van der Waals surface area (Å²) in [5.41, 5.74) is 0. The van der Waals surface area contributed by atoms with Crippen molar-refractivity contribution in [3.63, 3.8) is 0 Å². The Balaban J connectivity index is 0.00000128. The van der Waals surface area contributed by atoms with Gasteiger partial charge in [0.15, 0.2) is 0 Å². The molecule has 16 heavy (non-hydrogen) atoms. The van der Waals surface area contributed by atoms with Gasteiger partial charge in [0.05, 0.1) is 6.04 Å². The van der Waals surface area contributed by atoms with E-state index in [4.69, 9.17) is 0 Å². The van der Waals surface area contributed by atoms with Gasteiger partial charge in [-0.25, -0.2) is 0 Å². The van der Waals surface area contributed by atoms with E-state index in [2.05, 4.69) is 10.6 Å². The molecule has 1 saturated carbocycles. The van der Waals surface area contributed by atoms with Crippen LogP contribution in [-0.4, -0.2) is 24.5 Å². The molecule has 2 fully saturated rings. The van der Waals surface area contributed by atoms with Crippen molar-refractivity contribution < 1.29 is 4.79 Å². The zero-order valence-electron chi connectivity index (χ0n) is 9.84. The highest BCUT2D eigenvalue weighted by atomic mass is 35.5. The van der Waals surface area contributed by atoms with Gasteiger partial charge in [0.25, 0.3) is 0 Å². The Labute approximate surface area is 104 Å². The minimum Gasteiger partial charge on any atom is -0.352 e. The molecule has 2 aliphatic rings. The first kappa shape index (κ1) is 13.8. The molecule has 0 bridgehead atoms. The van der Waals surface area contributed by atoms with E-state index in [1.54, 1.807) is 0 Å². The Bertz CT molecular complexity index is 209. The summed E-state index contributed by atoms with van der Waals surface area (Å²) >= 11 is 0. The standard InChI is InChI=1S/C12H22N2O.ClH/c15-12(11-8-5-9-13-11)14-10-6-3-1-2-4-7-10;/h10-11,13H,1-9H2,(H,14,15);1H. The van der Waals surface area contributed by atoms with Crippen LogP contribution in [0.25, 0.3) is 0 Å². The summed E-state index contributed by atoms with van der Waals surface area (Å²) in [6, 6.07) is 0.538. The topological polar surface area (TPSA) is 41.1 Å². The fraction of sp³-hybridized carbons (Fsp3) is 0.917. The van der Waals surface area contributed by atoms with Crippen molar-refractivity contribution in [2.75, 3.05) is 6.54 Å². The lowest BCUT2D eigenvalue weighted by molar-refractivity contribution is -0.123. The number of hydrogen-bond donors (Lipinski definition) is 2. The second-order valence-electron chi connectivity index (χ2n) is 4.85. The van der Waals surface area contributed by atoms with Gasteiger partial charge in [-0.05, 0) is 32.2 Å². The smallest absolute Gasteiger partial charge is 0.237 e. The zero-order valence-corrected chi connectivity index (χ0v) is 10.7. The average Bonchev–Trinajstić information content (AvgIpc) is 2.65. The molecule has 3 nitrogen and oxygen atoms in total. The van der Waals surface area contributed by atoms with Gasteiger partial charge in [-0.3, -0.25) is 4.79 Å². The van der Waals surface area contributed by atoms with E-state index in [9.17, 15) is 4.79 Å². The first-order chi connectivity index (χ1) is 7.36. The van der Waals surface area contributed by atoms with Gasteiger partial charge in [-0.15, -0.1) is 12.4 Å². The summed E-state index contributed by atoms with van der Waals surface area (Å²) < 4.78 is 0. The van der Waals surface area contributed by atoms with Crippen molar-refractivity contribution in [3.05, 3.63) is 0 Å². The van der Waals surface area contributed by atoms with Crippen molar-refractivity contribution in [3.8, 4) is 0 Å². The molecule has 1 saturated heterocycles. The van der Waals surface area contributed by atoms with Gasteiger partial charge < -0.3 is 10.6 Å². The van der Waals surface area contributed by atoms with Crippen LogP contribution in [-0.2, 0) is 4.79 Å². The van der Waals surface area contributed by atoms with E-state index in [1.165, 1.54) is 38.5 Å². The molecule has 94 valence electrons. The van der Waals surface area contributed by atoms with Gasteiger partial charge in [-0.1, -0.05) is 25.7 Å². The fourth-order valence-electron chi connectivity index (χ4n) is 2.63. The summed E-state index contributed by atoms with van der Waals surface area (Å²) in [4.78, 5) is 11.9. The molecular weight excluding hydrogens is 224 g/mol. The van der Waals surface area contributed by atoms with E-state index in [-0.39, 0.29) is 24.4 Å². The summed E-state index contributed by atoms with van der Waals surface area (Å²) in [7, 11) is 0. The van der Waals surface area contributed by atoms with E-state index in [0.717, 1.165) is 19.4 Å². The third kappa shape index (κ3) is 3.95. The SMILES string of the molecule is Cl.O=C(NC1CCCCCC1)C1CCCN1. The minimum absolute atomic E-state index is 0. The van der Waals surface area contributed by atoms with Crippen molar-refractivity contribution in [2.45, 2.75) is 63.5 Å². The van der Waals surface area contributed by atoms with Gasteiger partial charge in [0.2, 0.25) is 5.91 Å². The number of carbonyl (C=O) groups is 1. The summed E-state index contributed by atoms with van der Waals surface area (Å²) in [6.07, 6.45) is 9.76. The number of rotatable bonds is 2. The molecule has 0 aromatic rings. The number of hydrogen-bond acceptors (Lipinski definition) is 2. The van der Waals surface area contributed by atoms with Crippen molar-refractivity contribution in [2.24, 2.45) is 0 Å². The highest BCUT2D eigenvalue weighted by molar-refractivity contribution is 5.85. The fourth-order valence-corrected chi connectivity index (χ4v) is 2.63. The van der Waals surface area contributed by atoms with Gasteiger partial charge in [-0.2, -0.15) is 0 Å². The van der Waals surface area contributed by atoms with Gasteiger partial charge >= 0.3 is 0 Å². The molecule has 1 unspecified atom stereocenters. The van der Waals surface area contributed by atoms with E-state index < -0.39 is 0 Å². The minimum atomic E-state index is 0. The number of carbonyl (C=O) groups excluding carboxylic acids is 1. The third-order valence-electron chi connectivity index (χ3n) is 3.58. The maximum Gasteiger partial charge on any atom is 0.237 e. The predicted molar refractivity (Wildman–Crippen MR) is 67.9 cm³/mol. The highest BCUT2D eigenvalue weighted by Gasteiger charge is 2.24. The Kier molecular flexibility index (Phi) is 6.14. The van der Waals surface area contributed by atoms with Crippen molar-refractivity contribution in [1.82, 2.24) is 10.6 Å². The molecule has 0 aromatic heterocycles. The maximum absolute atomic E-state index is 11.9. The normalized spacial score (nSPS) is 26.9. The number of halogens is 1. The van der Waals surface area contributed by atoms with Crippen LogP contribution in [0.4, 0.5) is 0 Å². The van der Waals surface area contributed by atoms with E-state index >= 15 is 0 Å². The molecular formula is C12H23ClN2O. The third-order valence-corrected chi connectivity index (χ3v) is 3.58. The van der Waals surface area contributed by atoms with Crippen LogP contribution >= 0.6 is 12.4 Å². The zero-order chi connectivity index (χ0) is 10.5. The van der Waals surface area contributed by atoms with Crippen LogP contribution in [0.2, 0.25) is 0 Å². The van der Waals surface area contributed by atoms with Gasteiger partial charge in [0.1, 0.15) is 0 Å². The van der Waals surface area contributed by atoms with Gasteiger partial charge in [0, 0.05) is 6.04 Å². The van der Waals surface area contributed by atoms with Crippen LogP contribution in [0, 0.1) is 0 Å². The number of nitrogens with one attached hydrogen (secondary N) is 2. The molecule has 1 aliphatic heterocycles. The Morgan fingerprint density at radius 1 is 1.00 bits per heavy atom. The predicted octanol–water partition coefficient (Wildman–Crippen LogP) is 2.00. The average molecular weight is 247 g/mol. The van der Waals surface area contributed by atoms with Crippen LogP contribution < -0.4 is 10.6 Å². The molecule has 0 aromatic carbocycles. The molecule has 2 N–H and O–H groups in total. The molecule has 0 spiro atoms. The van der Waals surface area contributed by atoms with Crippen LogP contribution in [0.15, 0.2) is 0 Å². The van der Waals surface area contributed by atoms with Crippen LogP contribution in [0.1, 0.15) is 51.4 Å². The second kappa shape index (κ2) is 7.13. The Morgan fingerprint density at radius 3 is 2.25 bits per heavy atom. The molecule has 1 aliphatic carbocycles. The quantitative estimate of drug-likeness (QED) is 0.732. The lowest BCUT2D eigenvalue weighted by Crippen LogP contribution is -2.45. The van der Waals surface area contributed by atoms with Crippen LogP contribution in [0.5, 0.6) is 0 Å².